The molecular formula is C35H75N3O. The summed E-state index contributed by atoms with van der Waals surface area (Å²) in [5.41, 5.74) is 5.70. The van der Waals surface area contributed by atoms with Crippen LogP contribution >= 0.6 is 0 Å². The zero-order chi connectivity index (χ0) is 28.5. The quantitative estimate of drug-likeness (QED) is 0.0695. The summed E-state index contributed by atoms with van der Waals surface area (Å²) in [6.45, 7) is 10.2. The average molecular weight is 554 g/mol. The number of hydrogen-bond donors (Lipinski definition) is 3. The van der Waals surface area contributed by atoms with Gasteiger partial charge >= 0.3 is 0 Å². The van der Waals surface area contributed by atoms with Crippen molar-refractivity contribution in [3.05, 3.63) is 0 Å². The summed E-state index contributed by atoms with van der Waals surface area (Å²) in [5, 5.41) is 13.7. The summed E-state index contributed by atoms with van der Waals surface area (Å²) in [5.74, 6) is 0. The minimum atomic E-state index is -0.383. The van der Waals surface area contributed by atoms with Gasteiger partial charge < -0.3 is 21.1 Å². The third-order valence-electron chi connectivity index (χ3n) is 8.35. The lowest BCUT2D eigenvalue weighted by atomic mass is 10.1. The van der Waals surface area contributed by atoms with E-state index in [0.29, 0.717) is 6.54 Å². The first-order valence-corrected chi connectivity index (χ1v) is 18.1. The first kappa shape index (κ1) is 38.8. The number of aliphatic hydroxyl groups is 1. The first-order valence-electron chi connectivity index (χ1n) is 18.1. The van der Waals surface area contributed by atoms with Gasteiger partial charge in [-0.2, -0.15) is 0 Å². The molecule has 0 heterocycles. The molecule has 0 aromatic carbocycles. The van der Waals surface area contributed by atoms with E-state index in [4.69, 9.17) is 5.73 Å². The highest BCUT2D eigenvalue weighted by Crippen LogP contribution is 2.13. The van der Waals surface area contributed by atoms with E-state index >= 15 is 0 Å². The molecule has 0 saturated carbocycles. The third kappa shape index (κ3) is 32.2. The zero-order valence-corrected chi connectivity index (χ0v) is 27.2. The molecule has 0 rings (SSSR count). The SMILES string of the molecule is CCCCCCCCCCCCCCNCCCCN(CCCCCCCCCCCCCC)C[C@@H](O)CN. The van der Waals surface area contributed by atoms with E-state index in [2.05, 4.69) is 24.1 Å². The van der Waals surface area contributed by atoms with Crippen LogP contribution in [0.5, 0.6) is 0 Å². The van der Waals surface area contributed by atoms with Gasteiger partial charge in [-0.05, 0) is 51.9 Å². The number of aliphatic hydroxyl groups excluding tert-OH is 1. The van der Waals surface area contributed by atoms with E-state index in [1.54, 1.807) is 0 Å². The predicted octanol–water partition coefficient (Wildman–Crippen LogP) is 9.38. The summed E-state index contributed by atoms with van der Waals surface area (Å²) in [6.07, 6.45) is 35.7. The molecule has 1 atom stereocenters. The molecule has 0 bridgehead atoms. The maximum Gasteiger partial charge on any atom is 0.0789 e. The molecule has 0 saturated heterocycles. The second-order valence-electron chi connectivity index (χ2n) is 12.4. The van der Waals surface area contributed by atoms with E-state index in [0.717, 1.165) is 26.2 Å². The zero-order valence-electron chi connectivity index (χ0n) is 27.2. The second kappa shape index (κ2) is 34.0. The molecule has 0 aromatic heterocycles. The standard InChI is InChI=1S/C35H75N3O/c1-3-5-7-9-11-13-15-17-19-21-23-25-29-37-30-26-28-32-38(34-35(39)33-36)31-27-24-22-20-18-16-14-12-10-8-6-4-2/h35,37,39H,3-34,36H2,1-2H3/t35-/m0/s1. The predicted molar refractivity (Wildman–Crippen MR) is 176 cm³/mol. The molecule has 0 aromatic rings. The van der Waals surface area contributed by atoms with E-state index in [9.17, 15) is 5.11 Å². The van der Waals surface area contributed by atoms with Crippen LogP contribution in [-0.2, 0) is 0 Å². The summed E-state index contributed by atoms with van der Waals surface area (Å²) in [6, 6.07) is 0. The molecule has 0 unspecified atom stereocenters. The van der Waals surface area contributed by atoms with E-state index in [1.807, 2.05) is 0 Å². The highest BCUT2D eigenvalue weighted by molar-refractivity contribution is 4.66. The number of hydrogen-bond acceptors (Lipinski definition) is 4. The van der Waals surface area contributed by atoms with Crippen LogP contribution < -0.4 is 11.1 Å². The Morgan fingerprint density at radius 3 is 1.18 bits per heavy atom. The molecule has 0 fully saturated rings. The van der Waals surface area contributed by atoms with Crippen LogP contribution in [0.25, 0.3) is 0 Å². The Kier molecular flexibility index (Phi) is 33.9. The van der Waals surface area contributed by atoms with Gasteiger partial charge in [0, 0.05) is 13.1 Å². The average Bonchev–Trinajstić information content (AvgIpc) is 2.94. The molecule has 0 amide bonds. The Morgan fingerprint density at radius 2 is 0.795 bits per heavy atom. The van der Waals surface area contributed by atoms with Gasteiger partial charge in [0.2, 0.25) is 0 Å². The van der Waals surface area contributed by atoms with Crippen molar-refractivity contribution in [3.63, 3.8) is 0 Å². The van der Waals surface area contributed by atoms with Crippen molar-refractivity contribution in [2.45, 2.75) is 187 Å². The Labute approximate surface area is 247 Å². The number of rotatable bonds is 34. The number of nitrogens with zero attached hydrogens (tertiary/aromatic N) is 1. The van der Waals surface area contributed by atoms with Crippen LogP contribution in [0, 0.1) is 0 Å². The number of unbranched alkanes of at least 4 members (excludes halogenated alkanes) is 23. The highest BCUT2D eigenvalue weighted by Gasteiger charge is 2.10. The van der Waals surface area contributed by atoms with Crippen molar-refractivity contribution < 1.29 is 5.11 Å². The lowest BCUT2D eigenvalue weighted by Crippen LogP contribution is -2.37. The molecule has 236 valence electrons. The maximum atomic E-state index is 10.1. The van der Waals surface area contributed by atoms with Crippen LogP contribution in [0.1, 0.15) is 181 Å². The van der Waals surface area contributed by atoms with Gasteiger partial charge in [0.1, 0.15) is 0 Å². The Bertz CT molecular complexity index is 434. The van der Waals surface area contributed by atoms with Crippen molar-refractivity contribution >= 4 is 0 Å². The van der Waals surface area contributed by atoms with Crippen LogP contribution in [0.3, 0.4) is 0 Å². The molecule has 0 aliphatic carbocycles. The topological polar surface area (TPSA) is 61.5 Å². The Balaban J connectivity index is 3.56. The monoisotopic (exact) mass is 554 g/mol. The summed E-state index contributed by atoms with van der Waals surface area (Å²) in [4.78, 5) is 2.46. The van der Waals surface area contributed by atoms with Gasteiger partial charge in [-0.1, -0.05) is 155 Å². The van der Waals surface area contributed by atoms with Gasteiger partial charge in [0.15, 0.2) is 0 Å². The molecule has 0 spiro atoms. The van der Waals surface area contributed by atoms with Crippen molar-refractivity contribution in [2.75, 3.05) is 39.3 Å². The maximum absolute atomic E-state index is 10.1. The van der Waals surface area contributed by atoms with E-state index < -0.39 is 0 Å². The van der Waals surface area contributed by atoms with Gasteiger partial charge in [-0.25, -0.2) is 0 Å². The molecule has 0 aliphatic heterocycles. The lowest BCUT2D eigenvalue weighted by Gasteiger charge is -2.24. The fourth-order valence-electron chi connectivity index (χ4n) is 5.64. The van der Waals surface area contributed by atoms with Crippen LogP contribution in [0.15, 0.2) is 0 Å². The number of nitrogens with one attached hydrogen (secondary N) is 1. The van der Waals surface area contributed by atoms with Crippen LogP contribution in [0.4, 0.5) is 0 Å². The normalized spacial score (nSPS) is 12.5. The van der Waals surface area contributed by atoms with Gasteiger partial charge in [-0.15, -0.1) is 0 Å². The fraction of sp³-hybridized carbons (Fsp3) is 1.00. The number of nitrogens with two attached hydrogens (primary N) is 1. The summed E-state index contributed by atoms with van der Waals surface area (Å²) >= 11 is 0. The van der Waals surface area contributed by atoms with Crippen LogP contribution in [-0.4, -0.2) is 55.4 Å². The Morgan fingerprint density at radius 1 is 0.487 bits per heavy atom. The largest absolute Gasteiger partial charge is 0.390 e. The minimum absolute atomic E-state index is 0.371. The van der Waals surface area contributed by atoms with Crippen molar-refractivity contribution in [3.8, 4) is 0 Å². The molecular weight excluding hydrogens is 478 g/mol. The smallest absolute Gasteiger partial charge is 0.0789 e. The van der Waals surface area contributed by atoms with Crippen molar-refractivity contribution in [1.82, 2.24) is 10.2 Å². The molecule has 0 aliphatic rings. The Hall–Kier alpha value is -0.160. The van der Waals surface area contributed by atoms with Gasteiger partial charge in [0.25, 0.3) is 0 Å². The minimum Gasteiger partial charge on any atom is -0.390 e. The molecule has 0 radical (unpaired) electrons. The van der Waals surface area contributed by atoms with E-state index in [-0.39, 0.29) is 6.10 Å². The molecule has 4 nitrogen and oxygen atoms in total. The van der Waals surface area contributed by atoms with Gasteiger partial charge in [0.05, 0.1) is 6.10 Å². The highest BCUT2D eigenvalue weighted by atomic mass is 16.3. The molecule has 4 heteroatoms. The van der Waals surface area contributed by atoms with Gasteiger partial charge in [-0.3, -0.25) is 0 Å². The summed E-state index contributed by atoms with van der Waals surface area (Å²) in [7, 11) is 0. The second-order valence-corrected chi connectivity index (χ2v) is 12.4. The van der Waals surface area contributed by atoms with E-state index in [1.165, 1.54) is 173 Å². The fourth-order valence-corrected chi connectivity index (χ4v) is 5.64. The molecule has 39 heavy (non-hydrogen) atoms. The van der Waals surface area contributed by atoms with Crippen molar-refractivity contribution in [1.29, 1.82) is 0 Å². The first-order chi connectivity index (χ1) is 19.2. The molecule has 4 N–H and O–H groups in total. The summed E-state index contributed by atoms with van der Waals surface area (Å²) < 4.78 is 0. The van der Waals surface area contributed by atoms with Crippen molar-refractivity contribution in [2.24, 2.45) is 5.73 Å². The lowest BCUT2D eigenvalue weighted by molar-refractivity contribution is 0.116. The van der Waals surface area contributed by atoms with Crippen LogP contribution in [0.2, 0.25) is 0 Å². The third-order valence-corrected chi connectivity index (χ3v) is 8.35.